The van der Waals surface area contributed by atoms with Crippen molar-refractivity contribution in [1.82, 2.24) is 25.2 Å². The first-order valence-corrected chi connectivity index (χ1v) is 13.0. The van der Waals surface area contributed by atoms with Crippen LogP contribution in [0.5, 0.6) is 0 Å². The number of carbonyl (C=O) groups is 2. The molecule has 4 N–H and O–H groups in total. The molecule has 0 aliphatic carbocycles. The molecular formula is C29H23F2N7O4. The van der Waals surface area contributed by atoms with E-state index in [9.17, 15) is 28.0 Å². The summed E-state index contributed by atoms with van der Waals surface area (Å²) in [6, 6.07) is 12.5. The van der Waals surface area contributed by atoms with Crippen molar-refractivity contribution in [2.75, 3.05) is 17.2 Å². The molecule has 0 radical (unpaired) electrons. The molecule has 11 nitrogen and oxygen atoms in total. The molecule has 6 rings (SSSR count). The molecule has 0 fully saturated rings. The van der Waals surface area contributed by atoms with Gasteiger partial charge >= 0.3 is 0 Å². The predicted molar refractivity (Wildman–Crippen MR) is 149 cm³/mol. The molecule has 1 aliphatic rings. The Kier molecular flexibility index (Phi) is 6.69. The van der Waals surface area contributed by atoms with Gasteiger partial charge in [0.25, 0.3) is 22.7 Å². The van der Waals surface area contributed by atoms with Crippen LogP contribution in [0.1, 0.15) is 43.2 Å². The Morgan fingerprint density at radius 1 is 0.905 bits per heavy atom. The van der Waals surface area contributed by atoms with E-state index >= 15 is 0 Å². The van der Waals surface area contributed by atoms with Gasteiger partial charge in [0, 0.05) is 32.2 Å². The van der Waals surface area contributed by atoms with Gasteiger partial charge < -0.3 is 21.3 Å². The number of halogens is 2. The van der Waals surface area contributed by atoms with Crippen molar-refractivity contribution >= 4 is 28.8 Å². The second-order valence-electron chi connectivity index (χ2n) is 9.94. The van der Waals surface area contributed by atoms with Crippen LogP contribution in [0.3, 0.4) is 0 Å². The van der Waals surface area contributed by atoms with E-state index < -0.39 is 34.3 Å². The fourth-order valence-corrected chi connectivity index (χ4v) is 4.98. The maximum atomic E-state index is 14.4. The second kappa shape index (κ2) is 10.5. The van der Waals surface area contributed by atoms with E-state index in [1.54, 1.807) is 4.90 Å². The Bertz CT molecular complexity index is 1940. The van der Waals surface area contributed by atoms with Crippen molar-refractivity contribution < 1.29 is 18.4 Å². The normalized spacial score (nSPS) is 12.9. The summed E-state index contributed by atoms with van der Waals surface area (Å²) in [5.74, 6) is -2.49. The van der Waals surface area contributed by atoms with Crippen LogP contribution in [0, 0.1) is 11.6 Å². The van der Waals surface area contributed by atoms with E-state index in [0.717, 1.165) is 27.4 Å². The van der Waals surface area contributed by atoms with Crippen molar-refractivity contribution in [2.24, 2.45) is 0 Å². The minimum Gasteiger partial charge on any atom is -0.394 e. The molecule has 1 aliphatic heterocycles. The van der Waals surface area contributed by atoms with Crippen LogP contribution >= 0.6 is 0 Å². The van der Waals surface area contributed by atoms with E-state index in [1.807, 2.05) is 18.2 Å². The molecule has 0 saturated heterocycles. The summed E-state index contributed by atoms with van der Waals surface area (Å²) >= 11 is 0. The van der Waals surface area contributed by atoms with Crippen molar-refractivity contribution in [3.8, 4) is 0 Å². The molecule has 3 heterocycles. The van der Waals surface area contributed by atoms with Crippen molar-refractivity contribution in [3.63, 3.8) is 0 Å². The zero-order valence-electron chi connectivity index (χ0n) is 22.0. The predicted octanol–water partition coefficient (Wildman–Crippen LogP) is 1.61. The van der Waals surface area contributed by atoms with Gasteiger partial charge in [-0.05, 0) is 40.8 Å². The van der Waals surface area contributed by atoms with Crippen LogP contribution in [0.4, 0.5) is 20.2 Å². The van der Waals surface area contributed by atoms with Gasteiger partial charge in [0.1, 0.15) is 28.6 Å². The highest BCUT2D eigenvalue weighted by atomic mass is 19.1. The number of aromatic nitrogens is 3. The number of hydrogen-bond acceptors (Lipinski definition) is 8. The van der Waals surface area contributed by atoms with Crippen LogP contribution in [-0.4, -0.2) is 33.0 Å². The number of nitrogens with one attached hydrogen (secondary N) is 2. The summed E-state index contributed by atoms with van der Waals surface area (Å²) in [6.45, 7) is 1.12. The van der Waals surface area contributed by atoms with Gasteiger partial charge in [-0.2, -0.15) is 5.10 Å². The number of fused-ring (bicyclic) bond motifs is 2. The highest BCUT2D eigenvalue weighted by Crippen LogP contribution is 2.26. The van der Waals surface area contributed by atoms with Gasteiger partial charge in [-0.3, -0.25) is 19.2 Å². The van der Waals surface area contributed by atoms with E-state index in [0.29, 0.717) is 25.1 Å². The van der Waals surface area contributed by atoms with Gasteiger partial charge in [-0.1, -0.05) is 30.3 Å². The Morgan fingerprint density at radius 2 is 1.62 bits per heavy atom. The Labute approximate surface area is 236 Å². The fraction of sp³-hybridized carbons (Fsp3) is 0.172. The average molecular weight is 572 g/mol. The van der Waals surface area contributed by atoms with E-state index in [2.05, 4.69) is 20.7 Å². The van der Waals surface area contributed by atoms with E-state index in [4.69, 9.17) is 5.73 Å². The Morgan fingerprint density at radius 3 is 2.38 bits per heavy atom. The molecule has 5 aromatic rings. The van der Waals surface area contributed by atoms with Gasteiger partial charge in [0.15, 0.2) is 11.5 Å². The lowest BCUT2D eigenvalue weighted by molar-refractivity contribution is 0.0942. The molecule has 42 heavy (non-hydrogen) atoms. The van der Waals surface area contributed by atoms with Crippen molar-refractivity contribution in [1.29, 1.82) is 0 Å². The number of nitrogens with two attached hydrogens (primary N) is 1. The summed E-state index contributed by atoms with van der Waals surface area (Å²) in [7, 11) is 0. The highest BCUT2D eigenvalue weighted by molar-refractivity contribution is 5.98. The summed E-state index contributed by atoms with van der Waals surface area (Å²) in [5, 5.41) is 9.26. The first kappa shape index (κ1) is 26.7. The minimum atomic E-state index is -0.807. The minimum absolute atomic E-state index is 0.0190. The number of benzene rings is 2. The molecular weight excluding hydrogens is 548 g/mol. The molecule has 0 atom stereocenters. The van der Waals surface area contributed by atoms with Gasteiger partial charge in [0.05, 0.1) is 6.20 Å². The van der Waals surface area contributed by atoms with Crippen LogP contribution < -0.4 is 32.1 Å². The second-order valence-corrected chi connectivity index (χ2v) is 9.94. The zero-order valence-corrected chi connectivity index (χ0v) is 22.0. The number of nitrogens with zero attached hydrogens (tertiary/aromatic N) is 4. The third-order valence-corrected chi connectivity index (χ3v) is 7.23. The Hall–Kier alpha value is -5.46. The monoisotopic (exact) mass is 571 g/mol. The number of carbonyl (C=O) groups excluding carboxylic acids is 2. The zero-order chi connectivity index (χ0) is 29.5. The SMILES string of the molecule is Nc1c(N2CCc3ccc(CNC(=O)c4cc(C(=O)NCc5ccc(F)cc5)n5ncc(F)c5n4)cc3C2)c(=O)c1=O. The van der Waals surface area contributed by atoms with Crippen molar-refractivity contribution in [3.05, 3.63) is 120 Å². The number of nitrogen functional groups attached to an aromatic ring is 1. The maximum Gasteiger partial charge on any atom is 0.270 e. The lowest BCUT2D eigenvalue weighted by Crippen LogP contribution is -2.44. The van der Waals surface area contributed by atoms with Crippen LogP contribution in [-0.2, 0) is 26.1 Å². The molecule has 3 aromatic carbocycles. The van der Waals surface area contributed by atoms with Crippen LogP contribution in [0.2, 0.25) is 0 Å². The highest BCUT2D eigenvalue weighted by Gasteiger charge is 2.27. The molecule has 13 heteroatoms. The Balaban J connectivity index is 1.17. The van der Waals surface area contributed by atoms with Gasteiger partial charge in [-0.25, -0.2) is 18.3 Å². The molecule has 0 saturated carbocycles. The molecule has 0 unspecified atom stereocenters. The molecule has 2 amide bonds. The average Bonchev–Trinajstić information content (AvgIpc) is 3.38. The number of amides is 2. The fourth-order valence-electron chi connectivity index (χ4n) is 4.98. The van der Waals surface area contributed by atoms with Crippen LogP contribution in [0.25, 0.3) is 5.65 Å². The standard InChI is InChI=1S/C29H23F2N7O4/c30-19-5-2-15(3-6-19)11-34-29(42)22-10-21(36-27-20(31)13-35-38(22)27)28(41)33-12-16-1-4-17-7-8-37(14-18(17)9-16)24-23(32)25(39)26(24)40/h1-6,9-10,13H,7-8,11-12,14,32H2,(H,33,41)(H,34,42). The third kappa shape index (κ3) is 4.85. The first-order chi connectivity index (χ1) is 20.2. The molecule has 0 bridgehead atoms. The van der Waals surface area contributed by atoms with Crippen molar-refractivity contribution in [2.45, 2.75) is 26.1 Å². The summed E-state index contributed by atoms with van der Waals surface area (Å²) in [4.78, 5) is 55.4. The van der Waals surface area contributed by atoms with E-state index in [1.165, 1.54) is 30.3 Å². The number of anilines is 2. The number of rotatable bonds is 7. The lowest BCUT2D eigenvalue weighted by atomic mass is 9.96. The summed E-state index contributed by atoms with van der Waals surface area (Å²) in [5.41, 5.74) is 7.55. The molecule has 0 spiro atoms. The van der Waals surface area contributed by atoms with Gasteiger partial charge in [-0.15, -0.1) is 0 Å². The van der Waals surface area contributed by atoms with Crippen LogP contribution in [0.15, 0.2) is 64.3 Å². The topological polar surface area (TPSA) is 152 Å². The molecule has 2 aromatic heterocycles. The largest absolute Gasteiger partial charge is 0.394 e. The van der Waals surface area contributed by atoms with E-state index in [-0.39, 0.29) is 41.5 Å². The molecule has 212 valence electrons. The van der Waals surface area contributed by atoms with Gasteiger partial charge in [0.2, 0.25) is 0 Å². The smallest absolute Gasteiger partial charge is 0.270 e. The quantitative estimate of drug-likeness (QED) is 0.249. The lowest BCUT2D eigenvalue weighted by Gasteiger charge is -2.32. The number of hydrogen-bond donors (Lipinski definition) is 3. The summed E-state index contributed by atoms with van der Waals surface area (Å²) < 4.78 is 28.6. The third-order valence-electron chi connectivity index (χ3n) is 7.23. The summed E-state index contributed by atoms with van der Waals surface area (Å²) in [6.07, 6.45) is 1.56. The first-order valence-electron chi connectivity index (χ1n) is 13.0. The maximum absolute atomic E-state index is 14.4.